The minimum Gasteiger partial charge on any atom is -0.312 e. The van der Waals surface area contributed by atoms with Gasteiger partial charge in [-0.25, -0.2) is 13.1 Å². The van der Waals surface area contributed by atoms with Gasteiger partial charge in [-0.2, -0.15) is 0 Å². The molecule has 24 heavy (non-hydrogen) atoms. The monoisotopic (exact) mass is 345 g/mol. The Bertz CT molecular complexity index is 805. The van der Waals surface area contributed by atoms with Crippen LogP contribution in [-0.4, -0.2) is 25.9 Å². The topological polar surface area (TPSA) is 79.4 Å². The summed E-state index contributed by atoms with van der Waals surface area (Å²) in [7, 11) is -3.59. The lowest BCUT2D eigenvalue weighted by atomic mass is 10.1. The quantitative estimate of drug-likeness (QED) is 0.900. The van der Waals surface area contributed by atoms with E-state index < -0.39 is 10.0 Å². The number of anilines is 1. The number of hydrogen-bond donors (Lipinski definition) is 1. The van der Waals surface area contributed by atoms with Crippen LogP contribution < -0.4 is 9.62 Å². The van der Waals surface area contributed by atoms with E-state index in [0.717, 1.165) is 24.1 Å². The van der Waals surface area contributed by atoms with E-state index in [1.54, 1.807) is 41.6 Å². The zero-order valence-corrected chi connectivity index (χ0v) is 14.0. The number of piperidine rings is 1. The second-order valence-corrected chi connectivity index (χ2v) is 7.44. The molecule has 0 unspecified atom stereocenters. The Morgan fingerprint density at radius 2 is 1.75 bits per heavy atom. The number of nitrogens with zero attached hydrogens (tertiary/aromatic N) is 2. The molecule has 126 valence electrons. The number of nitrogens with one attached hydrogen (secondary N) is 1. The lowest BCUT2D eigenvalue weighted by molar-refractivity contribution is -0.119. The van der Waals surface area contributed by atoms with Gasteiger partial charge in [0.1, 0.15) is 0 Å². The van der Waals surface area contributed by atoms with E-state index in [2.05, 4.69) is 9.71 Å². The van der Waals surface area contributed by atoms with E-state index in [-0.39, 0.29) is 17.3 Å². The van der Waals surface area contributed by atoms with Crippen LogP contribution in [-0.2, 0) is 21.4 Å². The number of hydrogen-bond acceptors (Lipinski definition) is 4. The fourth-order valence-corrected chi connectivity index (χ4v) is 3.66. The maximum absolute atomic E-state index is 12.4. The number of amides is 1. The Morgan fingerprint density at radius 1 is 1.04 bits per heavy atom. The standard InChI is InChI=1S/C17H19N3O3S/c21-17-3-1-2-12-20(17)15-4-6-16(7-5-15)24(22,23)19-13-14-8-10-18-11-9-14/h4-11,19H,1-3,12-13H2. The molecule has 0 bridgehead atoms. The maximum atomic E-state index is 12.4. The summed E-state index contributed by atoms with van der Waals surface area (Å²) in [6.45, 7) is 0.891. The number of rotatable bonds is 5. The third kappa shape index (κ3) is 3.80. The molecule has 1 aliphatic heterocycles. The van der Waals surface area contributed by atoms with Crippen LogP contribution in [0.4, 0.5) is 5.69 Å². The first-order valence-electron chi connectivity index (χ1n) is 7.85. The van der Waals surface area contributed by atoms with Gasteiger partial charge < -0.3 is 4.90 Å². The van der Waals surface area contributed by atoms with E-state index in [4.69, 9.17) is 0 Å². The van der Waals surface area contributed by atoms with Crippen molar-refractivity contribution >= 4 is 21.6 Å². The first kappa shape index (κ1) is 16.6. The van der Waals surface area contributed by atoms with Crippen LogP contribution in [0.3, 0.4) is 0 Å². The predicted molar refractivity (Wildman–Crippen MR) is 90.9 cm³/mol. The van der Waals surface area contributed by atoms with Crippen molar-refractivity contribution in [1.29, 1.82) is 0 Å². The molecule has 0 aliphatic carbocycles. The highest BCUT2D eigenvalue weighted by Crippen LogP contribution is 2.22. The zero-order chi connectivity index (χ0) is 17.0. The predicted octanol–water partition coefficient (Wildman–Crippen LogP) is 2.08. The Hall–Kier alpha value is -2.25. The number of pyridine rings is 1. The lowest BCUT2D eigenvalue weighted by Crippen LogP contribution is -2.35. The van der Waals surface area contributed by atoms with Crippen molar-refractivity contribution in [2.75, 3.05) is 11.4 Å². The first-order chi connectivity index (χ1) is 11.6. The fourth-order valence-electron chi connectivity index (χ4n) is 2.65. The zero-order valence-electron chi connectivity index (χ0n) is 13.2. The molecule has 1 aliphatic rings. The molecule has 1 saturated heterocycles. The minimum absolute atomic E-state index is 0.0904. The number of benzene rings is 1. The van der Waals surface area contributed by atoms with E-state index in [9.17, 15) is 13.2 Å². The Labute approximate surface area is 141 Å². The molecule has 2 heterocycles. The van der Waals surface area contributed by atoms with Gasteiger partial charge in [-0.15, -0.1) is 0 Å². The average Bonchev–Trinajstić information content (AvgIpc) is 2.62. The summed E-state index contributed by atoms with van der Waals surface area (Å²) in [6.07, 6.45) is 5.68. The second-order valence-electron chi connectivity index (χ2n) is 5.68. The number of sulfonamides is 1. The molecule has 0 spiro atoms. The molecule has 1 fully saturated rings. The summed E-state index contributed by atoms with van der Waals surface area (Å²) in [5.41, 5.74) is 1.58. The van der Waals surface area contributed by atoms with Gasteiger partial charge in [0.15, 0.2) is 0 Å². The summed E-state index contributed by atoms with van der Waals surface area (Å²) < 4.78 is 27.3. The molecule has 0 saturated carbocycles. The summed E-state index contributed by atoms with van der Waals surface area (Å²) in [4.78, 5) is 17.7. The minimum atomic E-state index is -3.59. The molecular weight excluding hydrogens is 326 g/mol. The van der Waals surface area contributed by atoms with Gasteiger partial charge in [-0.05, 0) is 54.8 Å². The normalized spacial score (nSPS) is 15.5. The van der Waals surface area contributed by atoms with E-state index in [1.807, 2.05) is 0 Å². The Morgan fingerprint density at radius 3 is 2.42 bits per heavy atom. The van der Waals surface area contributed by atoms with Gasteiger partial charge in [0.25, 0.3) is 0 Å². The Balaban J connectivity index is 1.71. The third-order valence-corrected chi connectivity index (χ3v) is 5.41. The molecule has 0 radical (unpaired) electrons. The SMILES string of the molecule is O=C1CCCCN1c1ccc(S(=O)(=O)NCc2ccncc2)cc1. The van der Waals surface area contributed by atoms with Crippen LogP contribution in [0.25, 0.3) is 0 Å². The van der Waals surface area contributed by atoms with Crippen molar-refractivity contribution in [2.45, 2.75) is 30.7 Å². The van der Waals surface area contributed by atoms with Crippen LogP contribution in [0.2, 0.25) is 0 Å². The van der Waals surface area contributed by atoms with Gasteiger partial charge in [0, 0.05) is 37.6 Å². The van der Waals surface area contributed by atoms with Gasteiger partial charge in [0.2, 0.25) is 15.9 Å². The van der Waals surface area contributed by atoms with Crippen molar-refractivity contribution in [2.24, 2.45) is 0 Å². The highest BCUT2D eigenvalue weighted by molar-refractivity contribution is 7.89. The first-order valence-corrected chi connectivity index (χ1v) is 9.33. The van der Waals surface area contributed by atoms with Crippen molar-refractivity contribution in [3.63, 3.8) is 0 Å². The third-order valence-electron chi connectivity index (χ3n) is 4.00. The van der Waals surface area contributed by atoms with Crippen LogP contribution >= 0.6 is 0 Å². The van der Waals surface area contributed by atoms with E-state index in [1.165, 1.54) is 12.1 Å². The molecule has 7 heteroatoms. The summed E-state index contributed by atoms with van der Waals surface area (Å²) in [6, 6.07) is 9.95. The summed E-state index contributed by atoms with van der Waals surface area (Å²) >= 11 is 0. The Kier molecular flexibility index (Phi) is 4.92. The van der Waals surface area contributed by atoms with E-state index >= 15 is 0 Å². The van der Waals surface area contributed by atoms with Gasteiger partial charge in [-0.3, -0.25) is 9.78 Å². The highest BCUT2D eigenvalue weighted by atomic mass is 32.2. The average molecular weight is 345 g/mol. The van der Waals surface area contributed by atoms with Crippen LogP contribution in [0.1, 0.15) is 24.8 Å². The smallest absolute Gasteiger partial charge is 0.240 e. The van der Waals surface area contributed by atoms with Crippen molar-refractivity contribution in [3.05, 3.63) is 54.4 Å². The van der Waals surface area contributed by atoms with E-state index in [0.29, 0.717) is 13.0 Å². The highest BCUT2D eigenvalue weighted by Gasteiger charge is 2.20. The second kappa shape index (κ2) is 7.11. The molecule has 6 nitrogen and oxygen atoms in total. The van der Waals surface area contributed by atoms with Gasteiger partial charge in [-0.1, -0.05) is 0 Å². The summed E-state index contributed by atoms with van der Waals surface area (Å²) in [5.74, 6) is 0.0904. The van der Waals surface area contributed by atoms with Crippen LogP contribution in [0, 0.1) is 0 Å². The molecular formula is C17H19N3O3S. The van der Waals surface area contributed by atoms with Gasteiger partial charge >= 0.3 is 0 Å². The molecule has 1 aromatic carbocycles. The fraction of sp³-hybridized carbons (Fsp3) is 0.294. The number of carbonyl (C=O) groups is 1. The largest absolute Gasteiger partial charge is 0.312 e. The molecule has 1 amide bonds. The molecule has 1 N–H and O–H groups in total. The van der Waals surface area contributed by atoms with Crippen LogP contribution in [0.15, 0.2) is 53.7 Å². The van der Waals surface area contributed by atoms with Crippen molar-refractivity contribution in [1.82, 2.24) is 9.71 Å². The van der Waals surface area contributed by atoms with Crippen LogP contribution in [0.5, 0.6) is 0 Å². The lowest BCUT2D eigenvalue weighted by Gasteiger charge is -2.26. The summed E-state index contributed by atoms with van der Waals surface area (Å²) in [5, 5.41) is 0. The number of aromatic nitrogens is 1. The molecule has 2 aromatic rings. The maximum Gasteiger partial charge on any atom is 0.240 e. The molecule has 3 rings (SSSR count). The van der Waals surface area contributed by atoms with Crippen molar-refractivity contribution < 1.29 is 13.2 Å². The van der Waals surface area contributed by atoms with Gasteiger partial charge in [0.05, 0.1) is 4.90 Å². The molecule has 0 atom stereocenters. The van der Waals surface area contributed by atoms with Crippen molar-refractivity contribution in [3.8, 4) is 0 Å². The molecule has 1 aromatic heterocycles. The number of carbonyl (C=O) groups excluding carboxylic acids is 1.